The van der Waals surface area contributed by atoms with Crippen LogP contribution in [0.25, 0.3) is 96.2 Å². The summed E-state index contributed by atoms with van der Waals surface area (Å²) in [6, 6.07) is 78.4. The van der Waals surface area contributed by atoms with E-state index in [1.165, 1.54) is 26.4 Å². The van der Waals surface area contributed by atoms with Gasteiger partial charge >= 0.3 is 0 Å². The molecule has 27 rings (SSSR count). The largest absolute Gasteiger partial charge is 0.492 e. The number of Topliss-reactive ketones (excluding diaryl/α,β-unsaturated/α-hetero) is 9. The lowest BCUT2D eigenvalue weighted by Crippen LogP contribution is -2.20. The number of hydrogen-bond acceptors (Lipinski definition) is 22. The summed E-state index contributed by atoms with van der Waals surface area (Å²) >= 11 is 1.73. The van der Waals surface area contributed by atoms with Crippen molar-refractivity contribution in [3.05, 3.63) is 293 Å². The van der Waals surface area contributed by atoms with Gasteiger partial charge in [0.05, 0.1) is 115 Å². The van der Waals surface area contributed by atoms with Crippen LogP contribution in [0.5, 0.6) is 63.2 Å². The molecule has 0 bridgehead atoms. The van der Waals surface area contributed by atoms with Gasteiger partial charge in [-0.05, 0) is 131 Å². The first-order valence-corrected chi connectivity index (χ1v) is 44.5. The molecule has 0 saturated heterocycles. The van der Waals surface area contributed by atoms with Crippen LogP contribution in [0.4, 0.5) is 0 Å². The number of furan rings is 1. The predicted molar refractivity (Wildman–Crippen MR) is 499 cm³/mol. The maximum atomic E-state index is 12.1. The number of aryl methyl sites for hydroxylation is 1. The van der Waals surface area contributed by atoms with Crippen molar-refractivity contribution in [3.8, 4) is 63.2 Å². The molecule has 0 atom stereocenters. The van der Waals surface area contributed by atoms with Gasteiger partial charge in [0.25, 0.3) is 0 Å². The quantitative estimate of drug-likeness (QED) is 0.148. The van der Waals surface area contributed by atoms with Crippen LogP contribution in [0, 0.1) is 0 Å². The van der Waals surface area contributed by atoms with E-state index in [-0.39, 0.29) is 58.8 Å². The van der Waals surface area contributed by atoms with Crippen molar-refractivity contribution < 1.29 is 99.7 Å². The van der Waals surface area contributed by atoms with Crippen LogP contribution in [-0.2, 0) is 6.54 Å². The van der Waals surface area contributed by atoms with E-state index in [4.69, 9.17) is 56.5 Å². The van der Waals surface area contributed by atoms with Crippen LogP contribution in [0.3, 0.4) is 0 Å². The van der Waals surface area contributed by atoms with Gasteiger partial charge in [-0.3, -0.25) is 43.2 Å². The molecule has 13 heterocycles. The van der Waals surface area contributed by atoms with Gasteiger partial charge in [0.1, 0.15) is 62.9 Å². The SMILES string of the molecule is CCn1c2ccccc2c2cc3c(cc21)C(=O)CCO3.O=C1CCOc2c1ccc1ccccc21.O=C1CCOc2cc3c(cc21)OCCC3=O.O=C1CCOc2cc3c(cc21)OCO3.O=C1CCOc2cc3c(cc21)oc1ccccc13.O=C1CCOc2cc3c(cc21)sc1ccccc13.O=C1CCOc2cc3ccccc3cc21.O=C1CCOc2ccc3ccccc3c21. The van der Waals surface area contributed by atoms with Crippen molar-refractivity contribution in [2.75, 3.05) is 66.3 Å². The minimum Gasteiger partial charge on any atom is -0.492 e. The molecule has 23 heteroatoms. The number of carbonyl (C=O) groups excluding carboxylic acids is 9. The third kappa shape index (κ3) is 16.7. The van der Waals surface area contributed by atoms with Gasteiger partial charge in [0, 0.05) is 123 Å². The second kappa shape index (κ2) is 36.3. The highest BCUT2D eigenvalue weighted by molar-refractivity contribution is 7.25. The summed E-state index contributed by atoms with van der Waals surface area (Å²) in [6.45, 7) is 7.42. The molecule has 3 aromatic heterocycles. The van der Waals surface area contributed by atoms with Gasteiger partial charge in [-0.2, -0.15) is 0 Å². The molecule has 0 saturated carbocycles. The fourth-order valence-electron chi connectivity index (χ4n) is 17.7. The Morgan fingerprint density at radius 2 is 0.641 bits per heavy atom. The van der Waals surface area contributed by atoms with E-state index in [1.54, 1.807) is 41.7 Å². The highest BCUT2D eigenvalue weighted by atomic mass is 32.1. The van der Waals surface area contributed by atoms with Gasteiger partial charge in [-0.25, -0.2) is 0 Å². The maximum absolute atomic E-state index is 12.1. The first-order valence-electron chi connectivity index (χ1n) is 43.7. The normalized spacial score (nSPS) is 15.5. The van der Waals surface area contributed by atoms with E-state index in [0.29, 0.717) is 174 Å². The van der Waals surface area contributed by atoms with Crippen molar-refractivity contribution in [2.24, 2.45) is 0 Å². The van der Waals surface area contributed by atoms with Crippen LogP contribution in [0.1, 0.15) is 158 Å². The Morgan fingerprint density at radius 3 is 1.24 bits per heavy atom. The highest BCUT2D eigenvalue weighted by Crippen LogP contribution is 2.45. The van der Waals surface area contributed by atoms with E-state index in [1.807, 2.05) is 182 Å². The molecule has 22 nitrogen and oxygen atoms in total. The number of nitrogens with zero attached hydrogens (tertiary/aromatic N) is 1. The van der Waals surface area contributed by atoms with Crippen LogP contribution in [0.2, 0.25) is 0 Å². The van der Waals surface area contributed by atoms with E-state index in [0.717, 1.165) is 133 Å². The molecule has 14 aromatic carbocycles. The second-order valence-corrected chi connectivity index (χ2v) is 33.4. The molecule has 0 fully saturated rings. The van der Waals surface area contributed by atoms with Crippen molar-refractivity contribution in [1.29, 1.82) is 0 Å². The summed E-state index contributed by atoms with van der Waals surface area (Å²) in [7, 11) is 0. The molecule has 10 aliphatic rings. The van der Waals surface area contributed by atoms with Gasteiger partial charge in [0.15, 0.2) is 63.5 Å². The van der Waals surface area contributed by atoms with Crippen molar-refractivity contribution >= 4 is 160 Å². The molecule has 131 heavy (non-hydrogen) atoms. The molecule has 10 aliphatic heterocycles. The number of fused-ring (bicyclic) bond motifs is 24. The third-order valence-electron chi connectivity index (χ3n) is 24.3. The summed E-state index contributed by atoms with van der Waals surface area (Å²) in [6.07, 6.45) is 4.09. The number of ether oxygens (including phenoxy) is 11. The molecule has 0 aliphatic carbocycles. The molecule has 17 aromatic rings. The zero-order chi connectivity index (χ0) is 89.3. The Labute approximate surface area is 752 Å². The smallest absolute Gasteiger partial charge is 0.231 e. The first-order chi connectivity index (χ1) is 64.1. The Hall–Kier alpha value is -15.5. The lowest BCUT2D eigenvalue weighted by molar-refractivity contribution is 0.0909. The third-order valence-corrected chi connectivity index (χ3v) is 25.4. The molecule has 0 N–H and O–H groups in total. The monoisotopic (exact) mass is 1760 g/mol. The standard InChI is InChI=1S/C17H15NO2.C15H10O3.C15H10O2S.3C13H10O2.C12H10O4.C10H8O4/c1-2-18-14-6-4-3-5-11(14)12-10-17-13(9-15(12)18)16(19)7-8-20-17;16-12-5-6-17-14-7-10-9-3-1-2-4-13(9)18-15(10)8-11(12)14;16-12-5-6-17-13-7-10-9-3-1-2-4-14(9)18-15(10)8-11(12)13;14-12-5-6-15-13-8-10-4-2-1-3-9(10)7-11(12)13;14-11-7-8-15-12-6-5-9-3-1-2-4-10(9)13(11)12;14-12-7-8-15-13-10-4-2-1-3-9(10)5-6-11(12)13;13-9-1-3-15-11-6-8-10(14)2-4-16-12(8)5-7(9)11;11-7-1-2-12-8-4-10-9(3-6(7)8)13-5-14-10/h3-6,9-10H,2,7-8H2,1H3;2*1-4,7-8H,5-6H2;1-4,7-8H,5-6H2;2*1-6H,7-8H2;5-6H,1-4H2;3-4H,1-2,5H2. The molecule has 0 amide bonds. The van der Waals surface area contributed by atoms with Gasteiger partial charge in [-0.15, -0.1) is 11.3 Å². The lowest BCUT2D eigenvalue weighted by Gasteiger charge is -2.21. The van der Waals surface area contributed by atoms with E-state index in [2.05, 4.69) is 41.8 Å². The average molecular weight is 1760 g/mol. The summed E-state index contributed by atoms with van der Waals surface area (Å²) < 4.78 is 70.3. The summed E-state index contributed by atoms with van der Waals surface area (Å²) in [5.41, 5.74) is 9.84. The molecule has 0 spiro atoms. The van der Waals surface area contributed by atoms with Crippen LogP contribution in [0.15, 0.2) is 247 Å². The maximum Gasteiger partial charge on any atom is 0.231 e. The summed E-state index contributed by atoms with van der Waals surface area (Å²) in [4.78, 5) is 106. The Kier molecular flexibility index (Phi) is 23.2. The number of ketones is 9. The minimum atomic E-state index is 0.0469. The average Bonchev–Trinajstić information content (AvgIpc) is 1.61. The van der Waals surface area contributed by atoms with E-state index in [9.17, 15) is 43.2 Å². The number of hydrogen-bond donors (Lipinski definition) is 0. The zero-order valence-corrected chi connectivity index (χ0v) is 72.0. The number of aromatic nitrogens is 1. The topological polar surface area (TPSA) is 273 Å². The van der Waals surface area contributed by atoms with E-state index >= 15 is 0 Å². The van der Waals surface area contributed by atoms with Gasteiger partial charge in [-0.1, -0.05) is 140 Å². The van der Waals surface area contributed by atoms with Gasteiger partial charge in [0.2, 0.25) is 6.79 Å². The molecule has 0 radical (unpaired) electrons. The van der Waals surface area contributed by atoms with Crippen molar-refractivity contribution in [1.82, 2.24) is 4.57 Å². The number of benzene rings is 14. The first kappa shape index (κ1) is 83.7. The van der Waals surface area contributed by atoms with Crippen molar-refractivity contribution in [2.45, 2.75) is 71.3 Å². The summed E-state index contributed by atoms with van der Waals surface area (Å²) in [5.74, 6) is 8.49. The molecule has 0 unspecified atom stereocenters. The predicted octanol–water partition coefficient (Wildman–Crippen LogP) is 22.8. The van der Waals surface area contributed by atoms with Crippen LogP contribution in [-0.4, -0.2) is 123 Å². The van der Waals surface area contributed by atoms with E-state index < -0.39 is 0 Å². The fourth-order valence-corrected chi connectivity index (χ4v) is 18.9. The lowest BCUT2D eigenvalue weighted by atomic mass is 9.97. The zero-order valence-electron chi connectivity index (χ0n) is 71.2. The highest BCUT2D eigenvalue weighted by Gasteiger charge is 2.31. The number of para-hydroxylation sites is 2. The number of thiophene rings is 1. The molecular formula is C108H83NO21S. The Balaban J connectivity index is 0.0000000937. The van der Waals surface area contributed by atoms with Gasteiger partial charge < -0.3 is 61.1 Å². The molecular weight excluding hydrogens is 1680 g/mol. The Morgan fingerprint density at radius 1 is 0.244 bits per heavy atom. The number of carbonyl (C=O) groups is 9. The fraction of sp³-hybridized carbons (Fsp3) is 0.194. The molecule has 652 valence electrons. The minimum absolute atomic E-state index is 0.0469. The number of rotatable bonds is 1. The van der Waals surface area contributed by atoms with Crippen LogP contribution >= 0.6 is 11.3 Å². The second-order valence-electron chi connectivity index (χ2n) is 32.3. The summed E-state index contributed by atoms with van der Waals surface area (Å²) in [5, 5.41) is 13.3. The van der Waals surface area contributed by atoms with Crippen molar-refractivity contribution in [3.63, 3.8) is 0 Å². The van der Waals surface area contributed by atoms with Crippen LogP contribution < -0.4 is 52.1 Å². The Bertz CT molecular complexity index is 7390.